The second-order valence-corrected chi connectivity index (χ2v) is 8.46. The summed E-state index contributed by atoms with van der Waals surface area (Å²) in [6, 6.07) is 10.3. The standard InChI is InChI=1S/C20H24ClN5O2S/c1-28-16-6-4-15(5-7-16)25-8-10-26(11-9-25)18-12-17(21)23-20(24-18)29-13-19(27)22-14-2-3-14/h4-7,12,14H,2-3,8-11,13H2,1H3,(H,22,27). The zero-order valence-electron chi connectivity index (χ0n) is 16.3. The Labute approximate surface area is 179 Å². The van der Waals surface area contributed by atoms with Crippen molar-refractivity contribution in [3.63, 3.8) is 0 Å². The molecule has 1 saturated heterocycles. The van der Waals surface area contributed by atoms with E-state index in [0.717, 1.165) is 50.6 Å². The molecule has 154 valence electrons. The molecule has 0 bridgehead atoms. The third-order valence-corrected chi connectivity index (χ3v) is 6.02. The van der Waals surface area contributed by atoms with Gasteiger partial charge in [-0.15, -0.1) is 0 Å². The Bertz CT molecular complexity index is 854. The van der Waals surface area contributed by atoms with Crippen molar-refractivity contribution in [3.05, 3.63) is 35.5 Å². The van der Waals surface area contributed by atoms with Crippen LogP contribution in [0.5, 0.6) is 5.75 Å². The van der Waals surface area contributed by atoms with E-state index < -0.39 is 0 Å². The highest BCUT2D eigenvalue weighted by Gasteiger charge is 2.23. The molecule has 29 heavy (non-hydrogen) atoms. The van der Waals surface area contributed by atoms with Crippen molar-refractivity contribution >= 4 is 40.8 Å². The maximum absolute atomic E-state index is 11.9. The first-order valence-corrected chi connectivity index (χ1v) is 11.1. The smallest absolute Gasteiger partial charge is 0.230 e. The van der Waals surface area contributed by atoms with Gasteiger partial charge in [-0.25, -0.2) is 9.97 Å². The fourth-order valence-electron chi connectivity index (χ4n) is 3.23. The van der Waals surface area contributed by atoms with Gasteiger partial charge in [0.05, 0.1) is 12.9 Å². The van der Waals surface area contributed by atoms with Gasteiger partial charge in [-0.2, -0.15) is 0 Å². The number of thioether (sulfide) groups is 1. The van der Waals surface area contributed by atoms with Gasteiger partial charge in [0.15, 0.2) is 5.16 Å². The summed E-state index contributed by atoms with van der Waals surface area (Å²) >= 11 is 7.54. The summed E-state index contributed by atoms with van der Waals surface area (Å²) in [5.41, 5.74) is 1.18. The van der Waals surface area contributed by atoms with Crippen LogP contribution in [0.1, 0.15) is 12.8 Å². The first kappa shape index (κ1) is 20.1. The Balaban J connectivity index is 1.34. The van der Waals surface area contributed by atoms with Crippen LogP contribution in [-0.2, 0) is 4.79 Å². The molecule has 0 spiro atoms. The maximum Gasteiger partial charge on any atom is 0.230 e. The van der Waals surface area contributed by atoms with Crippen LogP contribution in [0.25, 0.3) is 0 Å². The SMILES string of the molecule is COc1ccc(N2CCN(c3cc(Cl)nc(SCC(=O)NC4CC4)n3)CC2)cc1. The van der Waals surface area contributed by atoms with E-state index in [-0.39, 0.29) is 5.91 Å². The molecule has 1 amide bonds. The predicted octanol–water partition coefficient (Wildman–Crippen LogP) is 2.84. The van der Waals surface area contributed by atoms with Crippen LogP contribution in [0, 0.1) is 0 Å². The largest absolute Gasteiger partial charge is 0.497 e. The molecule has 1 aliphatic heterocycles. The lowest BCUT2D eigenvalue weighted by Crippen LogP contribution is -2.46. The summed E-state index contributed by atoms with van der Waals surface area (Å²) in [7, 11) is 1.67. The van der Waals surface area contributed by atoms with Crippen LogP contribution >= 0.6 is 23.4 Å². The zero-order chi connectivity index (χ0) is 20.2. The summed E-state index contributed by atoms with van der Waals surface area (Å²) in [5.74, 6) is 2.00. The number of ether oxygens (including phenoxy) is 1. The van der Waals surface area contributed by atoms with Gasteiger partial charge in [0.25, 0.3) is 0 Å². The summed E-state index contributed by atoms with van der Waals surface area (Å²) in [5, 5.41) is 3.91. The number of piperazine rings is 1. The van der Waals surface area contributed by atoms with Crippen LogP contribution in [-0.4, -0.2) is 61.0 Å². The minimum Gasteiger partial charge on any atom is -0.497 e. The third-order valence-electron chi connectivity index (χ3n) is 4.98. The van der Waals surface area contributed by atoms with E-state index in [0.29, 0.717) is 22.1 Å². The Morgan fingerprint density at radius 1 is 1.17 bits per heavy atom. The van der Waals surface area contributed by atoms with Crippen molar-refractivity contribution in [1.82, 2.24) is 15.3 Å². The van der Waals surface area contributed by atoms with Crippen molar-refractivity contribution < 1.29 is 9.53 Å². The summed E-state index contributed by atoms with van der Waals surface area (Å²) in [6.07, 6.45) is 2.16. The molecule has 1 N–H and O–H groups in total. The van der Waals surface area contributed by atoms with Crippen molar-refractivity contribution in [2.45, 2.75) is 24.0 Å². The van der Waals surface area contributed by atoms with E-state index in [9.17, 15) is 4.79 Å². The van der Waals surface area contributed by atoms with E-state index in [2.05, 4.69) is 37.2 Å². The molecule has 0 atom stereocenters. The average molecular weight is 434 g/mol. The van der Waals surface area contributed by atoms with E-state index in [1.165, 1.54) is 17.4 Å². The van der Waals surface area contributed by atoms with Crippen LogP contribution < -0.4 is 19.9 Å². The van der Waals surface area contributed by atoms with E-state index >= 15 is 0 Å². The number of anilines is 2. The second kappa shape index (κ2) is 9.09. The average Bonchev–Trinajstić information content (AvgIpc) is 3.56. The predicted molar refractivity (Wildman–Crippen MR) is 116 cm³/mol. The van der Waals surface area contributed by atoms with Gasteiger partial charge in [-0.05, 0) is 37.1 Å². The third kappa shape index (κ3) is 5.45. The first-order chi connectivity index (χ1) is 14.1. The van der Waals surface area contributed by atoms with Gasteiger partial charge < -0.3 is 19.9 Å². The Kier molecular flexibility index (Phi) is 6.30. The highest BCUT2D eigenvalue weighted by atomic mass is 35.5. The molecule has 1 aromatic heterocycles. The van der Waals surface area contributed by atoms with Crippen LogP contribution in [0.2, 0.25) is 5.15 Å². The topological polar surface area (TPSA) is 70.6 Å². The van der Waals surface area contributed by atoms with E-state index in [4.69, 9.17) is 16.3 Å². The van der Waals surface area contributed by atoms with Crippen molar-refractivity contribution in [3.8, 4) is 5.75 Å². The molecule has 2 aliphatic rings. The molecular formula is C20H24ClN5O2S. The lowest BCUT2D eigenvalue weighted by molar-refractivity contribution is -0.118. The molecule has 4 rings (SSSR count). The molecule has 7 nitrogen and oxygen atoms in total. The van der Waals surface area contributed by atoms with Gasteiger partial charge in [-0.1, -0.05) is 23.4 Å². The molecule has 9 heteroatoms. The Hall–Kier alpha value is -2.19. The lowest BCUT2D eigenvalue weighted by Gasteiger charge is -2.36. The number of benzene rings is 1. The first-order valence-electron chi connectivity index (χ1n) is 9.71. The van der Waals surface area contributed by atoms with Gasteiger partial charge in [0.2, 0.25) is 5.91 Å². The van der Waals surface area contributed by atoms with Gasteiger partial charge >= 0.3 is 0 Å². The molecule has 0 unspecified atom stereocenters. The summed E-state index contributed by atoms with van der Waals surface area (Å²) in [4.78, 5) is 25.3. The van der Waals surface area contributed by atoms with Crippen molar-refractivity contribution in [2.24, 2.45) is 0 Å². The number of carbonyl (C=O) groups excluding carboxylic acids is 1. The Morgan fingerprint density at radius 2 is 1.86 bits per heavy atom. The summed E-state index contributed by atoms with van der Waals surface area (Å²) < 4.78 is 5.23. The quantitative estimate of drug-likeness (QED) is 0.409. The fraction of sp³-hybridized carbons (Fsp3) is 0.450. The van der Waals surface area contributed by atoms with Crippen molar-refractivity contribution in [2.75, 3.05) is 48.8 Å². The molecule has 2 fully saturated rings. The van der Waals surface area contributed by atoms with Gasteiger partial charge in [0, 0.05) is 44.0 Å². The number of hydrogen-bond donors (Lipinski definition) is 1. The lowest BCUT2D eigenvalue weighted by atomic mass is 10.2. The van der Waals surface area contributed by atoms with Crippen LogP contribution in [0.15, 0.2) is 35.5 Å². The number of halogens is 1. The monoisotopic (exact) mass is 433 g/mol. The zero-order valence-corrected chi connectivity index (χ0v) is 17.9. The second-order valence-electron chi connectivity index (χ2n) is 7.13. The normalized spacial score (nSPS) is 16.6. The van der Waals surface area contributed by atoms with E-state index in [1.54, 1.807) is 13.2 Å². The number of rotatable bonds is 7. The minimum absolute atomic E-state index is 0.0238. The van der Waals surface area contributed by atoms with Crippen molar-refractivity contribution in [1.29, 1.82) is 0 Å². The number of nitrogens with zero attached hydrogens (tertiary/aromatic N) is 4. The molecule has 1 aromatic carbocycles. The molecule has 2 heterocycles. The number of carbonyl (C=O) groups is 1. The van der Waals surface area contributed by atoms with Crippen LogP contribution in [0.4, 0.5) is 11.5 Å². The number of aromatic nitrogens is 2. The number of methoxy groups -OCH3 is 1. The molecule has 2 aromatic rings. The number of nitrogens with one attached hydrogen (secondary N) is 1. The molecular weight excluding hydrogens is 410 g/mol. The Morgan fingerprint density at radius 3 is 2.52 bits per heavy atom. The highest BCUT2D eigenvalue weighted by Crippen LogP contribution is 2.25. The minimum atomic E-state index is 0.0238. The fourth-order valence-corrected chi connectivity index (χ4v) is 4.12. The van der Waals surface area contributed by atoms with Gasteiger partial charge in [-0.3, -0.25) is 4.79 Å². The van der Waals surface area contributed by atoms with Crippen LogP contribution in [0.3, 0.4) is 0 Å². The molecule has 0 radical (unpaired) electrons. The van der Waals surface area contributed by atoms with E-state index in [1.807, 2.05) is 12.1 Å². The number of amides is 1. The molecule has 1 aliphatic carbocycles. The number of hydrogen-bond acceptors (Lipinski definition) is 7. The highest BCUT2D eigenvalue weighted by molar-refractivity contribution is 7.99. The maximum atomic E-state index is 11.9. The molecule has 1 saturated carbocycles. The van der Waals surface area contributed by atoms with Gasteiger partial charge in [0.1, 0.15) is 16.7 Å². The summed E-state index contributed by atoms with van der Waals surface area (Å²) in [6.45, 7) is 3.46.